The quantitative estimate of drug-likeness (QED) is 0.393. The van der Waals surface area contributed by atoms with Gasteiger partial charge in [0.1, 0.15) is 0 Å². The number of rotatable bonds is 8. The van der Waals surface area contributed by atoms with Crippen LogP contribution in [0.25, 0.3) is 0 Å². The van der Waals surface area contributed by atoms with Crippen LogP contribution in [0.2, 0.25) is 0 Å². The molecule has 0 aromatic heterocycles. The number of aliphatic hydroxyl groups is 4. The molecule has 1 aliphatic rings. The SMILES string of the molecule is OCC1CCCC(CO)(CCCCCC(O)O)C1. The smallest absolute Gasteiger partial charge is 0.151 e. The van der Waals surface area contributed by atoms with E-state index >= 15 is 0 Å². The zero-order chi connectivity index (χ0) is 13.4. The van der Waals surface area contributed by atoms with Crippen LogP contribution < -0.4 is 0 Å². The first-order valence-electron chi connectivity index (χ1n) is 7.20. The highest BCUT2D eigenvalue weighted by molar-refractivity contribution is 4.85. The first-order chi connectivity index (χ1) is 8.62. The van der Waals surface area contributed by atoms with Gasteiger partial charge in [-0.2, -0.15) is 0 Å². The summed E-state index contributed by atoms with van der Waals surface area (Å²) < 4.78 is 0. The highest BCUT2D eigenvalue weighted by Crippen LogP contribution is 2.42. The molecule has 1 saturated carbocycles. The maximum Gasteiger partial charge on any atom is 0.151 e. The highest BCUT2D eigenvalue weighted by atomic mass is 16.5. The van der Waals surface area contributed by atoms with Crippen LogP contribution in [0.1, 0.15) is 57.8 Å². The summed E-state index contributed by atoms with van der Waals surface area (Å²) in [6.45, 7) is 0.449. The first kappa shape index (κ1) is 15.9. The van der Waals surface area contributed by atoms with Gasteiger partial charge in [0.15, 0.2) is 6.29 Å². The summed E-state index contributed by atoms with van der Waals surface area (Å²) in [5, 5.41) is 36.4. The van der Waals surface area contributed by atoms with E-state index in [1.54, 1.807) is 0 Å². The molecule has 4 N–H and O–H groups in total. The molecule has 0 aliphatic heterocycles. The van der Waals surface area contributed by atoms with Crippen LogP contribution >= 0.6 is 0 Å². The van der Waals surface area contributed by atoms with Crippen LogP contribution in [0, 0.1) is 11.3 Å². The molecular weight excluding hydrogens is 232 g/mol. The minimum atomic E-state index is -1.19. The Labute approximate surface area is 110 Å². The summed E-state index contributed by atoms with van der Waals surface area (Å²) in [7, 11) is 0. The van der Waals surface area contributed by atoms with Crippen molar-refractivity contribution in [3.8, 4) is 0 Å². The Kier molecular flexibility index (Phi) is 7.15. The Morgan fingerprint density at radius 2 is 1.89 bits per heavy atom. The van der Waals surface area contributed by atoms with E-state index in [-0.39, 0.29) is 18.6 Å². The number of unbranched alkanes of at least 4 members (excludes halogenated alkanes) is 2. The lowest BCUT2D eigenvalue weighted by atomic mass is 9.67. The third kappa shape index (κ3) is 5.22. The van der Waals surface area contributed by atoms with Gasteiger partial charge in [-0.25, -0.2) is 0 Å². The summed E-state index contributed by atoms with van der Waals surface area (Å²) in [6, 6.07) is 0. The Hall–Kier alpha value is -0.160. The van der Waals surface area contributed by atoms with Crippen molar-refractivity contribution in [2.24, 2.45) is 11.3 Å². The van der Waals surface area contributed by atoms with Crippen molar-refractivity contribution in [2.75, 3.05) is 13.2 Å². The lowest BCUT2D eigenvalue weighted by Gasteiger charge is -2.39. The van der Waals surface area contributed by atoms with E-state index in [0.29, 0.717) is 12.3 Å². The number of aliphatic hydroxyl groups excluding tert-OH is 3. The van der Waals surface area contributed by atoms with Crippen molar-refractivity contribution < 1.29 is 20.4 Å². The third-order valence-corrected chi connectivity index (χ3v) is 4.30. The van der Waals surface area contributed by atoms with Crippen molar-refractivity contribution in [2.45, 2.75) is 64.1 Å². The van der Waals surface area contributed by atoms with E-state index in [4.69, 9.17) is 10.2 Å². The van der Waals surface area contributed by atoms with Crippen LogP contribution in [0.15, 0.2) is 0 Å². The Balaban J connectivity index is 2.27. The molecular formula is C14H28O4. The van der Waals surface area contributed by atoms with Gasteiger partial charge in [0.25, 0.3) is 0 Å². The normalized spacial score (nSPS) is 28.8. The molecule has 0 spiro atoms. The van der Waals surface area contributed by atoms with Crippen LogP contribution in [-0.2, 0) is 0 Å². The van der Waals surface area contributed by atoms with Crippen molar-refractivity contribution in [1.82, 2.24) is 0 Å². The molecule has 0 amide bonds. The zero-order valence-corrected chi connectivity index (χ0v) is 11.2. The van der Waals surface area contributed by atoms with Gasteiger partial charge in [-0.3, -0.25) is 0 Å². The van der Waals surface area contributed by atoms with Crippen molar-refractivity contribution in [3.05, 3.63) is 0 Å². The predicted molar refractivity (Wildman–Crippen MR) is 69.9 cm³/mol. The number of hydrogen-bond donors (Lipinski definition) is 4. The summed E-state index contributed by atoms with van der Waals surface area (Å²) in [5.74, 6) is 0.352. The molecule has 4 heteroatoms. The second-order valence-electron chi connectivity index (χ2n) is 5.88. The monoisotopic (exact) mass is 260 g/mol. The fourth-order valence-electron chi connectivity index (χ4n) is 3.19. The third-order valence-electron chi connectivity index (χ3n) is 4.30. The molecule has 1 fully saturated rings. The van der Waals surface area contributed by atoms with E-state index in [1.807, 2.05) is 0 Å². The molecule has 108 valence electrons. The average Bonchev–Trinajstić information content (AvgIpc) is 2.38. The molecule has 0 saturated heterocycles. The molecule has 0 radical (unpaired) electrons. The second kappa shape index (κ2) is 8.10. The predicted octanol–water partition coefficient (Wildman–Crippen LogP) is 1.41. The van der Waals surface area contributed by atoms with Gasteiger partial charge in [0.2, 0.25) is 0 Å². The fraction of sp³-hybridized carbons (Fsp3) is 1.00. The Morgan fingerprint density at radius 3 is 2.50 bits per heavy atom. The van der Waals surface area contributed by atoms with Crippen LogP contribution in [-0.4, -0.2) is 39.9 Å². The van der Waals surface area contributed by atoms with E-state index in [1.165, 1.54) is 0 Å². The maximum atomic E-state index is 9.64. The van der Waals surface area contributed by atoms with E-state index in [0.717, 1.165) is 51.4 Å². The second-order valence-corrected chi connectivity index (χ2v) is 5.88. The molecule has 2 atom stereocenters. The fourth-order valence-corrected chi connectivity index (χ4v) is 3.19. The van der Waals surface area contributed by atoms with E-state index < -0.39 is 6.29 Å². The standard InChI is InChI=1S/C14H28O4/c15-10-12-5-4-8-14(9-12,11-16)7-3-1-2-6-13(17)18/h12-13,15-18H,1-11H2. The molecule has 0 aromatic rings. The van der Waals surface area contributed by atoms with Crippen molar-refractivity contribution in [3.63, 3.8) is 0 Å². The van der Waals surface area contributed by atoms with Gasteiger partial charge in [-0.1, -0.05) is 19.3 Å². The van der Waals surface area contributed by atoms with Crippen molar-refractivity contribution in [1.29, 1.82) is 0 Å². The Bertz CT molecular complexity index is 220. The van der Waals surface area contributed by atoms with Crippen LogP contribution in [0.3, 0.4) is 0 Å². The molecule has 1 aliphatic carbocycles. The van der Waals surface area contributed by atoms with Crippen LogP contribution in [0.5, 0.6) is 0 Å². The van der Waals surface area contributed by atoms with E-state index in [2.05, 4.69) is 0 Å². The molecule has 0 aromatic carbocycles. The molecule has 1 rings (SSSR count). The average molecular weight is 260 g/mol. The molecule has 18 heavy (non-hydrogen) atoms. The molecule has 2 unspecified atom stereocenters. The van der Waals surface area contributed by atoms with Gasteiger partial charge >= 0.3 is 0 Å². The topological polar surface area (TPSA) is 80.9 Å². The first-order valence-corrected chi connectivity index (χ1v) is 7.20. The molecule has 4 nitrogen and oxygen atoms in total. The van der Waals surface area contributed by atoms with Gasteiger partial charge in [-0.05, 0) is 49.9 Å². The van der Waals surface area contributed by atoms with Gasteiger partial charge < -0.3 is 20.4 Å². The van der Waals surface area contributed by atoms with Crippen LogP contribution in [0.4, 0.5) is 0 Å². The zero-order valence-electron chi connectivity index (χ0n) is 11.2. The van der Waals surface area contributed by atoms with Gasteiger partial charge in [0.05, 0.1) is 0 Å². The summed E-state index contributed by atoms with van der Waals surface area (Å²) >= 11 is 0. The molecule has 0 heterocycles. The highest BCUT2D eigenvalue weighted by Gasteiger charge is 2.34. The summed E-state index contributed by atoms with van der Waals surface area (Å²) in [5.41, 5.74) is 0.00345. The lowest BCUT2D eigenvalue weighted by Crippen LogP contribution is -2.33. The van der Waals surface area contributed by atoms with Gasteiger partial charge in [-0.15, -0.1) is 0 Å². The maximum absolute atomic E-state index is 9.64. The molecule has 0 bridgehead atoms. The summed E-state index contributed by atoms with van der Waals surface area (Å²) in [4.78, 5) is 0. The largest absolute Gasteiger partial charge is 0.396 e. The minimum Gasteiger partial charge on any atom is -0.396 e. The minimum absolute atomic E-state index is 0.00345. The van der Waals surface area contributed by atoms with E-state index in [9.17, 15) is 10.2 Å². The van der Waals surface area contributed by atoms with Crippen molar-refractivity contribution >= 4 is 0 Å². The Morgan fingerprint density at radius 1 is 1.11 bits per heavy atom. The lowest BCUT2D eigenvalue weighted by molar-refractivity contribution is -0.0469. The number of hydrogen-bond acceptors (Lipinski definition) is 4. The van der Waals surface area contributed by atoms with Gasteiger partial charge in [0, 0.05) is 13.2 Å². The summed E-state index contributed by atoms with van der Waals surface area (Å²) in [6.07, 6.45) is 7.22.